The van der Waals surface area contributed by atoms with Crippen LogP contribution in [0.4, 0.5) is 4.39 Å². The van der Waals surface area contributed by atoms with Crippen LogP contribution < -0.4 is 5.56 Å². The van der Waals surface area contributed by atoms with Gasteiger partial charge in [-0.2, -0.15) is 4.39 Å². The maximum Gasteiger partial charge on any atom is 0.287 e. The van der Waals surface area contributed by atoms with E-state index in [4.69, 9.17) is 0 Å². The van der Waals surface area contributed by atoms with Gasteiger partial charge in [-0.25, -0.2) is 4.98 Å². The number of rotatable bonds is 2. The first-order chi connectivity index (χ1) is 5.24. The molecule has 0 amide bonds. The number of aromatic amines is 1. The van der Waals surface area contributed by atoms with Gasteiger partial charge in [0, 0.05) is 7.11 Å². The predicted molar refractivity (Wildman–Crippen MR) is 35.5 cm³/mol. The second-order valence-electron chi connectivity index (χ2n) is 1.94. The van der Waals surface area contributed by atoms with E-state index >= 15 is 0 Å². The van der Waals surface area contributed by atoms with Crippen molar-refractivity contribution in [2.24, 2.45) is 0 Å². The Morgan fingerprint density at radius 2 is 2.55 bits per heavy atom. The first kappa shape index (κ1) is 7.87. The van der Waals surface area contributed by atoms with E-state index in [9.17, 15) is 9.18 Å². The van der Waals surface area contributed by atoms with Gasteiger partial charge in [-0.15, -0.1) is 0 Å². The molecule has 4 nitrogen and oxygen atoms in total. The fourth-order valence-electron chi connectivity index (χ4n) is 0.626. The average Bonchev–Trinajstić information content (AvgIpc) is 1.98. The molecule has 1 aromatic heterocycles. The summed E-state index contributed by atoms with van der Waals surface area (Å²) in [5.74, 6) is -0.566. The largest absolute Gasteiger partial charge is 0.377 e. The topological polar surface area (TPSA) is 55.0 Å². The molecule has 0 aromatic carbocycles. The van der Waals surface area contributed by atoms with Crippen LogP contribution in [0, 0.1) is 5.82 Å². The molecule has 60 valence electrons. The molecular formula is C6H7FN2O2. The van der Waals surface area contributed by atoms with E-state index in [-0.39, 0.29) is 6.61 Å². The van der Waals surface area contributed by atoms with Crippen LogP contribution in [0.2, 0.25) is 0 Å². The van der Waals surface area contributed by atoms with Gasteiger partial charge in [0.2, 0.25) is 5.82 Å². The lowest BCUT2D eigenvalue weighted by molar-refractivity contribution is 0.177. The Labute approximate surface area is 62.0 Å². The molecule has 1 aromatic rings. The normalized spacial score (nSPS) is 10.0. The second kappa shape index (κ2) is 3.25. The number of methoxy groups -OCH3 is 1. The molecule has 0 unspecified atom stereocenters. The van der Waals surface area contributed by atoms with E-state index < -0.39 is 11.4 Å². The maximum absolute atomic E-state index is 12.3. The van der Waals surface area contributed by atoms with Gasteiger partial charge in [0.15, 0.2) is 0 Å². The fraction of sp³-hybridized carbons (Fsp3) is 0.333. The van der Waals surface area contributed by atoms with Crippen molar-refractivity contribution in [3.8, 4) is 0 Å². The monoisotopic (exact) mass is 158 g/mol. The van der Waals surface area contributed by atoms with Gasteiger partial charge in [0.05, 0.1) is 6.20 Å². The molecule has 0 bridgehead atoms. The predicted octanol–water partition coefficient (Wildman–Crippen LogP) is 0.0554. The second-order valence-corrected chi connectivity index (χ2v) is 1.94. The molecule has 0 saturated carbocycles. The molecule has 5 heteroatoms. The third-order valence-electron chi connectivity index (χ3n) is 1.09. The van der Waals surface area contributed by atoms with Crippen LogP contribution in [-0.4, -0.2) is 17.1 Å². The number of nitrogens with one attached hydrogen (secondary N) is 1. The minimum atomic E-state index is -0.884. The van der Waals surface area contributed by atoms with Crippen molar-refractivity contribution in [3.63, 3.8) is 0 Å². The molecule has 1 heterocycles. The standard InChI is InChI=1S/C6H7FN2O2/c1-11-3-5-8-2-4(7)6(10)9-5/h2H,3H2,1H3,(H,8,9,10). The summed E-state index contributed by atoms with van der Waals surface area (Å²) in [6.45, 7) is 0.176. The van der Waals surface area contributed by atoms with E-state index in [0.717, 1.165) is 6.20 Å². The summed E-state index contributed by atoms with van der Waals surface area (Å²) in [5.41, 5.74) is -0.771. The minimum absolute atomic E-state index is 0.176. The zero-order valence-electron chi connectivity index (χ0n) is 5.93. The van der Waals surface area contributed by atoms with Gasteiger partial charge < -0.3 is 9.72 Å². The summed E-state index contributed by atoms with van der Waals surface area (Å²) in [7, 11) is 1.46. The van der Waals surface area contributed by atoms with E-state index in [0.29, 0.717) is 5.82 Å². The van der Waals surface area contributed by atoms with Crippen molar-refractivity contribution >= 4 is 0 Å². The molecule has 0 aliphatic heterocycles. The smallest absolute Gasteiger partial charge is 0.287 e. The Morgan fingerprint density at radius 3 is 3.09 bits per heavy atom. The summed E-state index contributed by atoms with van der Waals surface area (Å²) in [5, 5.41) is 0. The molecule has 1 N–H and O–H groups in total. The molecule has 11 heavy (non-hydrogen) atoms. The lowest BCUT2D eigenvalue weighted by atomic mass is 10.5. The van der Waals surface area contributed by atoms with Crippen LogP contribution in [-0.2, 0) is 11.3 Å². The lowest BCUT2D eigenvalue weighted by Gasteiger charge is -1.96. The average molecular weight is 158 g/mol. The number of ether oxygens (including phenoxy) is 1. The van der Waals surface area contributed by atoms with Gasteiger partial charge in [0.1, 0.15) is 12.4 Å². The van der Waals surface area contributed by atoms with Crippen molar-refractivity contribution in [1.29, 1.82) is 0 Å². The fourth-order valence-corrected chi connectivity index (χ4v) is 0.626. The Hall–Kier alpha value is -1.23. The van der Waals surface area contributed by atoms with Crippen LogP contribution in [0.15, 0.2) is 11.0 Å². The lowest BCUT2D eigenvalue weighted by Crippen LogP contribution is -2.14. The summed E-state index contributed by atoms with van der Waals surface area (Å²) < 4.78 is 17.0. The summed E-state index contributed by atoms with van der Waals surface area (Å²) >= 11 is 0. The zero-order chi connectivity index (χ0) is 8.27. The van der Waals surface area contributed by atoms with Crippen LogP contribution in [0.1, 0.15) is 5.82 Å². The maximum atomic E-state index is 12.3. The van der Waals surface area contributed by atoms with Crippen molar-refractivity contribution in [2.75, 3.05) is 7.11 Å². The highest BCUT2D eigenvalue weighted by atomic mass is 19.1. The molecule has 0 spiro atoms. The van der Waals surface area contributed by atoms with Crippen molar-refractivity contribution in [3.05, 3.63) is 28.2 Å². The van der Waals surface area contributed by atoms with Crippen LogP contribution in [0.5, 0.6) is 0 Å². The first-order valence-corrected chi connectivity index (χ1v) is 2.96. The molecule has 0 aliphatic rings. The minimum Gasteiger partial charge on any atom is -0.377 e. The van der Waals surface area contributed by atoms with E-state index in [2.05, 4.69) is 14.7 Å². The molecule has 0 radical (unpaired) electrons. The number of H-pyrrole nitrogens is 1. The number of nitrogens with zero attached hydrogens (tertiary/aromatic N) is 1. The van der Waals surface area contributed by atoms with Crippen molar-refractivity contribution in [2.45, 2.75) is 6.61 Å². The van der Waals surface area contributed by atoms with Gasteiger partial charge in [-0.05, 0) is 0 Å². The molecule has 0 aliphatic carbocycles. The molecular weight excluding hydrogens is 151 g/mol. The first-order valence-electron chi connectivity index (χ1n) is 2.96. The van der Waals surface area contributed by atoms with E-state index in [1.165, 1.54) is 7.11 Å². The number of halogens is 1. The summed E-state index contributed by atoms with van der Waals surface area (Å²) in [6, 6.07) is 0. The molecule has 0 fully saturated rings. The molecule has 0 atom stereocenters. The SMILES string of the molecule is COCc1ncc(F)c(=O)[nH]1. The van der Waals surface area contributed by atoms with Gasteiger partial charge in [0.25, 0.3) is 5.56 Å². The van der Waals surface area contributed by atoms with Gasteiger partial charge in [-0.1, -0.05) is 0 Å². The highest BCUT2D eigenvalue weighted by Crippen LogP contribution is 1.88. The van der Waals surface area contributed by atoms with Crippen LogP contribution in [0.25, 0.3) is 0 Å². The van der Waals surface area contributed by atoms with Crippen LogP contribution >= 0.6 is 0 Å². The molecule has 0 saturated heterocycles. The zero-order valence-corrected chi connectivity index (χ0v) is 5.93. The van der Waals surface area contributed by atoms with E-state index in [1.807, 2.05) is 0 Å². The quantitative estimate of drug-likeness (QED) is 0.661. The Morgan fingerprint density at radius 1 is 1.82 bits per heavy atom. The van der Waals surface area contributed by atoms with Crippen molar-refractivity contribution < 1.29 is 9.13 Å². The Bertz CT molecular complexity index is 297. The van der Waals surface area contributed by atoms with Crippen LogP contribution in [0.3, 0.4) is 0 Å². The third-order valence-corrected chi connectivity index (χ3v) is 1.09. The van der Waals surface area contributed by atoms with Gasteiger partial charge >= 0.3 is 0 Å². The summed E-state index contributed by atoms with van der Waals surface area (Å²) in [6.07, 6.45) is 0.868. The summed E-state index contributed by atoms with van der Waals surface area (Å²) in [4.78, 5) is 16.4. The highest BCUT2D eigenvalue weighted by Gasteiger charge is 1.99. The molecule has 1 rings (SSSR count). The van der Waals surface area contributed by atoms with E-state index in [1.54, 1.807) is 0 Å². The number of hydrogen-bond acceptors (Lipinski definition) is 3. The number of aromatic nitrogens is 2. The Kier molecular flexibility index (Phi) is 2.32. The van der Waals surface area contributed by atoms with Gasteiger partial charge in [-0.3, -0.25) is 4.79 Å². The van der Waals surface area contributed by atoms with Crippen molar-refractivity contribution in [1.82, 2.24) is 9.97 Å². The Balaban J connectivity index is 2.96. The highest BCUT2D eigenvalue weighted by molar-refractivity contribution is 4.90. The number of hydrogen-bond donors (Lipinski definition) is 1. The third kappa shape index (κ3) is 1.84.